The number of nitrogens with zero attached hydrogens (tertiary/aromatic N) is 2. The van der Waals surface area contributed by atoms with Crippen LogP contribution in [0.15, 0.2) is 42.8 Å². The van der Waals surface area contributed by atoms with Crippen LogP contribution in [0.2, 0.25) is 0 Å². The third-order valence-corrected chi connectivity index (χ3v) is 2.54. The van der Waals surface area contributed by atoms with Crippen molar-refractivity contribution in [2.45, 2.75) is 6.92 Å². The lowest BCUT2D eigenvalue weighted by atomic mass is 10.1. The van der Waals surface area contributed by atoms with E-state index >= 15 is 0 Å². The van der Waals surface area contributed by atoms with Crippen molar-refractivity contribution in [2.75, 3.05) is 5.73 Å². The third kappa shape index (κ3) is 3.64. The molecule has 0 radical (unpaired) electrons. The molecule has 0 atom stereocenters. The Morgan fingerprint density at radius 2 is 2.14 bits per heavy atom. The number of benzene rings is 1. The van der Waals surface area contributed by atoms with E-state index in [9.17, 15) is 15.0 Å². The zero-order chi connectivity index (χ0) is 16.0. The van der Waals surface area contributed by atoms with Gasteiger partial charge in [-0.3, -0.25) is 9.69 Å². The number of phenolic OH excluding ortho intramolecular Hbond substituents is 2. The average Bonchev–Trinajstić information content (AvgIpc) is 2.47. The van der Waals surface area contributed by atoms with Gasteiger partial charge in [0.25, 0.3) is 5.91 Å². The number of allylic oxidation sites excluding steroid dienone is 1. The minimum Gasteiger partial charge on any atom is -0.504 e. The van der Waals surface area contributed by atoms with Gasteiger partial charge in [0.2, 0.25) is 0 Å². The molecule has 0 aliphatic rings. The maximum atomic E-state index is 12.1. The molecule has 0 aromatic heterocycles. The monoisotopic (exact) mass is 285 g/mol. The van der Waals surface area contributed by atoms with Gasteiger partial charge in [0, 0.05) is 12.4 Å². The summed E-state index contributed by atoms with van der Waals surface area (Å²) in [5.41, 5.74) is 5.60. The molecule has 0 fully saturated rings. The summed E-state index contributed by atoms with van der Waals surface area (Å²) in [6.45, 7) is 5.21. The Labute approximate surface area is 122 Å². The van der Waals surface area contributed by atoms with E-state index in [1.807, 2.05) is 0 Å². The summed E-state index contributed by atoms with van der Waals surface area (Å²) < 4.78 is 0. The van der Waals surface area contributed by atoms with Gasteiger partial charge < -0.3 is 15.9 Å². The van der Waals surface area contributed by atoms with Crippen molar-refractivity contribution in [1.82, 2.24) is 4.90 Å². The second kappa shape index (κ2) is 6.82. The Bertz CT molecular complexity index is 646. The lowest BCUT2D eigenvalue weighted by Crippen LogP contribution is -2.20. The molecule has 1 aromatic carbocycles. The van der Waals surface area contributed by atoms with Gasteiger partial charge in [-0.1, -0.05) is 12.7 Å². The van der Waals surface area contributed by atoms with E-state index in [4.69, 9.17) is 11.0 Å². The summed E-state index contributed by atoms with van der Waals surface area (Å²) in [5.74, 6) is -1.45. The molecule has 6 nitrogen and oxygen atoms in total. The summed E-state index contributed by atoms with van der Waals surface area (Å²) in [7, 11) is 0. The summed E-state index contributed by atoms with van der Waals surface area (Å²) >= 11 is 0. The third-order valence-electron chi connectivity index (χ3n) is 2.54. The highest BCUT2D eigenvalue weighted by Crippen LogP contribution is 2.33. The number of nitriles is 1. The Hall–Kier alpha value is -3.20. The molecule has 0 bridgehead atoms. The smallest absolute Gasteiger partial charge is 0.272 e. The molecule has 1 aromatic rings. The number of rotatable bonds is 4. The highest BCUT2D eigenvalue weighted by atomic mass is 16.3. The van der Waals surface area contributed by atoms with E-state index in [1.54, 1.807) is 19.1 Å². The normalized spacial score (nSPS) is 11.1. The molecular weight excluding hydrogens is 270 g/mol. The van der Waals surface area contributed by atoms with Gasteiger partial charge in [0.15, 0.2) is 11.5 Å². The van der Waals surface area contributed by atoms with Crippen molar-refractivity contribution >= 4 is 17.7 Å². The fraction of sp³-hybridized carbons (Fsp3) is 0.0667. The van der Waals surface area contributed by atoms with Crippen molar-refractivity contribution in [1.29, 1.82) is 5.26 Å². The largest absolute Gasteiger partial charge is 0.504 e. The number of hydrogen-bond acceptors (Lipinski definition) is 5. The van der Waals surface area contributed by atoms with Crippen LogP contribution in [0.1, 0.15) is 12.5 Å². The fourth-order valence-electron chi connectivity index (χ4n) is 1.57. The van der Waals surface area contributed by atoms with Crippen LogP contribution in [0.5, 0.6) is 11.5 Å². The predicted molar refractivity (Wildman–Crippen MR) is 79.6 cm³/mol. The van der Waals surface area contributed by atoms with Crippen molar-refractivity contribution in [3.8, 4) is 17.6 Å². The lowest BCUT2D eigenvalue weighted by Gasteiger charge is -2.11. The average molecular weight is 285 g/mol. The summed E-state index contributed by atoms with van der Waals surface area (Å²) in [4.78, 5) is 13.3. The first-order chi connectivity index (χ1) is 9.94. The van der Waals surface area contributed by atoms with Crippen LogP contribution in [0.25, 0.3) is 6.08 Å². The van der Waals surface area contributed by atoms with Gasteiger partial charge in [-0.05, 0) is 30.7 Å². The number of phenols is 2. The van der Waals surface area contributed by atoms with Crippen LogP contribution < -0.4 is 5.73 Å². The Morgan fingerprint density at radius 1 is 1.48 bits per heavy atom. The molecule has 6 heteroatoms. The quantitative estimate of drug-likeness (QED) is 0.339. The van der Waals surface area contributed by atoms with E-state index in [2.05, 4.69) is 6.58 Å². The van der Waals surface area contributed by atoms with Crippen molar-refractivity contribution in [3.05, 3.63) is 48.3 Å². The van der Waals surface area contributed by atoms with Gasteiger partial charge in [-0.2, -0.15) is 5.26 Å². The molecule has 0 saturated carbocycles. The van der Waals surface area contributed by atoms with Crippen molar-refractivity contribution in [2.24, 2.45) is 0 Å². The van der Waals surface area contributed by atoms with Crippen LogP contribution in [0.4, 0.5) is 5.69 Å². The topological polar surface area (TPSA) is 111 Å². The molecule has 1 amide bonds. The molecule has 0 aliphatic heterocycles. The maximum Gasteiger partial charge on any atom is 0.272 e. The molecule has 4 N–H and O–H groups in total. The summed E-state index contributed by atoms with van der Waals surface area (Å²) in [5, 5.41) is 27.9. The Balaban J connectivity index is 3.24. The minimum absolute atomic E-state index is 0.0555. The van der Waals surface area contributed by atoms with E-state index < -0.39 is 17.4 Å². The Morgan fingerprint density at radius 3 is 2.62 bits per heavy atom. The van der Waals surface area contributed by atoms with E-state index in [1.165, 1.54) is 30.6 Å². The molecule has 21 heavy (non-hydrogen) atoms. The van der Waals surface area contributed by atoms with Crippen LogP contribution in [0.3, 0.4) is 0 Å². The van der Waals surface area contributed by atoms with Gasteiger partial charge >= 0.3 is 0 Å². The summed E-state index contributed by atoms with van der Waals surface area (Å²) in [6, 6.07) is 4.32. The Kier molecular flexibility index (Phi) is 5.15. The number of aromatic hydroxyl groups is 2. The van der Waals surface area contributed by atoms with Crippen LogP contribution in [-0.4, -0.2) is 21.0 Å². The van der Waals surface area contributed by atoms with E-state index in [0.717, 1.165) is 4.90 Å². The number of anilines is 1. The standard InChI is InChI=1S/C15H15N3O3/c1-3-5-18(4-2)15(21)11(9-16)6-10-7-12(17)14(20)13(19)8-10/h3-8,19-20H,2,17H2,1H3/b5-3-,11-6+. The minimum atomic E-state index is -0.572. The molecule has 0 aliphatic carbocycles. The van der Waals surface area contributed by atoms with E-state index in [-0.39, 0.29) is 11.3 Å². The second-order valence-corrected chi connectivity index (χ2v) is 4.03. The molecule has 1 rings (SSSR count). The highest BCUT2D eigenvalue weighted by Gasteiger charge is 2.14. The molecule has 0 unspecified atom stereocenters. The maximum absolute atomic E-state index is 12.1. The van der Waals surface area contributed by atoms with Crippen molar-refractivity contribution < 1.29 is 15.0 Å². The number of carbonyl (C=O) groups excluding carboxylic acids is 1. The molecule has 0 saturated heterocycles. The SMILES string of the molecule is C=CN(/C=C\C)C(=O)/C(C#N)=C/c1cc(N)c(O)c(O)c1. The molecular formula is C15H15N3O3. The number of nitrogens with two attached hydrogens (primary N) is 1. The van der Waals surface area contributed by atoms with E-state index in [0.29, 0.717) is 5.56 Å². The zero-order valence-corrected chi connectivity index (χ0v) is 11.4. The van der Waals surface area contributed by atoms with Crippen LogP contribution in [0, 0.1) is 11.3 Å². The van der Waals surface area contributed by atoms with Crippen LogP contribution >= 0.6 is 0 Å². The van der Waals surface area contributed by atoms with Gasteiger partial charge in [-0.25, -0.2) is 0 Å². The lowest BCUT2D eigenvalue weighted by molar-refractivity contribution is -0.122. The first-order valence-electron chi connectivity index (χ1n) is 5.95. The highest BCUT2D eigenvalue weighted by molar-refractivity contribution is 6.02. The van der Waals surface area contributed by atoms with Gasteiger partial charge in [0.05, 0.1) is 5.69 Å². The summed E-state index contributed by atoms with van der Waals surface area (Å²) in [6.07, 6.45) is 5.62. The number of carbonyl (C=O) groups is 1. The van der Waals surface area contributed by atoms with Crippen molar-refractivity contribution in [3.63, 3.8) is 0 Å². The number of hydrogen-bond donors (Lipinski definition) is 3. The predicted octanol–water partition coefficient (Wildman–Crippen LogP) is 2.09. The van der Waals surface area contributed by atoms with Crippen LogP contribution in [-0.2, 0) is 4.79 Å². The molecule has 0 spiro atoms. The number of nitrogen functional groups attached to an aromatic ring is 1. The molecule has 108 valence electrons. The number of amides is 1. The van der Waals surface area contributed by atoms with Gasteiger partial charge in [0.1, 0.15) is 11.6 Å². The molecule has 0 heterocycles. The fourth-order valence-corrected chi connectivity index (χ4v) is 1.57. The second-order valence-electron chi connectivity index (χ2n) is 4.03. The first kappa shape index (κ1) is 15.9. The first-order valence-corrected chi connectivity index (χ1v) is 5.95. The zero-order valence-electron chi connectivity index (χ0n) is 11.4. The van der Waals surface area contributed by atoms with Gasteiger partial charge in [-0.15, -0.1) is 0 Å².